The van der Waals surface area contributed by atoms with E-state index in [0.29, 0.717) is 17.7 Å². The average Bonchev–Trinajstić information content (AvgIpc) is 3.46. The van der Waals surface area contributed by atoms with Crippen LogP contribution in [0.1, 0.15) is 50.2 Å². The molecule has 0 aromatic heterocycles. The fourth-order valence-electron chi connectivity index (χ4n) is 5.03. The zero-order valence-corrected chi connectivity index (χ0v) is 23.7. The minimum atomic E-state index is -4.11. The lowest BCUT2D eigenvalue weighted by molar-refractivity contribution is -0.140. The number of aryl methyl sites for hydroxylation is 1. The van der Waals surface area contributed by atoms with Crippen LogP contribution in [-0.4, -0.2) is 43.8 Å². The second-order valence-electron chi connectivity index (χ2n) is 10.2. The first-order chi connectivity index (χ1) is 19.2. The number of hydrogen-bond acceptors (Lipinski definition) is 4. The Morgan fingerprint density at radius 2 is 1.57 bits per heavy atom. The van der Waals surface area contributed by atoms with E-state index in [2.05, 4.69) is 5.32 Å². The molecule has 0 heterocycles. The van der Waals surface area contributed by atoms with E-state index in [1.807, 2.05) is 13.8 Å². The van der Waals surface area contributed by atoms with Crippen molar-refractivity contribution >= 4 is 27.5 Å². The van der Waals surface area contributed by atoms with Gasteiger partial charge < -0.3 is 10.2 Å². The molecular formula is C31H36FN3O4S. The molecule has 3 aromatic rings. The van der Waals surface area contributed by atoms with Crippen LogP contribution in [0.2, 0.25) is 0 Å². The summed E-state index contributed by atoms with van der Waals surface area (Å²) in [5.74, 6) is -1.21. The third-order valence-corrected chi connectivity index (χ3v) is 9.07. The van der Waals surface area contributed by atoms with Gasteiger partial charge in [0, 0.05) is 12.6 Å². The molecule has 40 heavy (non-hydrogen) atoms. The highest BCUT2D eigenvalue weighted by molar-refractivity contribution is 7.92. The standard InChI is InChI=1S/C31H36FN3O4S/c1-3-29(31(37)33-26-9-7-8-10-26)34(21-24-15-17-25(32)18-16-24)30(36)22-35(27-11-5-4-6-12-27)40(38,39)28-19-13-23(2)14-20-28/h4-6,11-20,26,29H,3,7-10,21-22H2,1-2H3,(H,33,37)/t29-/m1/s1. The Hall–Kier alpha value is -3.72. The second-order valence-corrected chi connectivity index (χ2v) is 12.1. The molecule has 4 rings (SSSR count). The summed E-state index contributed by atoms with van der Waals surface area (Å²) in [6.45, 7) is 3.21. The van der Waals surface area contributed by atoms with Crippen LogP contribution >= 0.6 is 0 Å². The number of benzene rings is 3. The van der Waals surface area contributed by atoms with Crippen molar-refractivity contribution in [3.63, 3.8) is 0 Å². The van der Waals surface area contributed by atoms with Gasteiger partial charge in [-0.3, -0.25) is 13.9 Å². The quantitative estimate of drug-likeness (QED) is 0.347. The molecule has 1 aliphatic rings. The molecular weight excluding hydrogens is 529 g/mol. The van der Waals surface area contributed by atoms with Gasteiger partial charge >= 0.3 is 0 Å². The molecule has 1 fully saturated rings. The molecule has 0 spiro atoms. The molecule has 0 aliphatic heterocycles. The van der Waals surface area contributed by atoms with Crippen molar-refractivity contribution in [1.29, 1.82) is 0 Å². The van der Waals surface area contributed by atoms with Crippen LogP contribution in [0.15, 0.2) is 83.8 Å². The van der Waals surface area contributed by atoms with Crippen LogP contribution in [0.5, 0.6) is 0 Å². The van der Waals surface area contributed by atoms with Gasteiger partial charge in [-0.2, -0.15) is 0 Å². The van der Waals surface area contributed by atoms with Crippen LogP contribution in [0.4, 0.5) is 10.1 Å². The van der Waals surface area contributed by atoms with E-state index in [4.69, 9.17) is 0 Å². The molecule has 0 unspecified atom stereocenters. The maximum atomic E-state index is 14.0. The third-order valence-electron chi connectivity index (χ3n) is 7.29. The molecule has 1 saturated carbocycles. The van der Waals surface area contributed by atoms with E-state index < -0.39 is 34.3 Å². The lowest BCUT2D eigenvalue weighted by Crippen LogP contribution is -2.53. The summed E-state index contributed by atoms with van der Waals surface area (Å²) in [6, 6.07) is 19.9. The number of anilines is 1. The molecule has 212 valence electrons. The zero-order valence-electron chi connectivity index (χ0n) is 22.9. The number of sulfonamides is 1. The predicted octanol–water partition coefficient (Wildman–Crippen LogP) is 5.20. The van der Waals surface area contributed by atoms with Crippen molar-refractivity contribution in [2.24, 2.45) is 0 Å². The Kier molecular flexibility index (Phi) is 9.58. The van der Waals surface area contributed by atoms with Crippen molar-refractivity contribution in [3.8, 4) is 0 Å². The summed E-state index contributed by atoms with van der Waals surface area (Å²) in [4.78, 5) is 28.9. The van der Waals surface area contributed by atoms with Crippen molar-refractivity contribution < 1.29 is 22.4 Å². The number of carbonyl (C=O) groups excluding carboxylic acids is 2. The molecule has 0 bridgehead atoms. The van der Waals surface area contributed by atoms with Gasteiger partial charge in [0.15, 0.2) is 0 Å². The highest BCUT2D eigenvalue weighted by atomic mass is 32.2. The maximum absolute atomic E-state index is 14.0. The van der Waals surface area contributed by atoms with Gasteiger partial charge in [0.25, 0.3) is 10.0 Å². The third kappa shape index (κ3) is 7.07. The normalized spacial score (nSPS) is 14.5. The van der Waals surface area contributed by atoms with Gasteiger partial charge in [0.1, 0.15) is 18.4 Å². The number of rotatable bonds is 11. The monoisotopic (exact) mass is 565 g/mol. The van der Waals surface area contributed by atoms with Crippen LogP contribution in [0, 0.1) is 12.7 Å². The zero-order chi connectivity index (χ0) is 28.7. The first-order valence-corrected chi connectivity index (χ1v) is 15.1. The van der Waals surface area contributed by atoms with Gasteiger partial charge in [-0.15, -0.1) is 0 Å². The van der Waals surface area contributed by atoms with Crippen molar-refractivity contribution in [2.75, 3.05) is 10.8 Å². The summed E-state index contributed by atoms with van der Waals surface area (Å²) in [5.41, 5.74) is 1.88. The van der Waals surface area contributed by atoms with E-state index in [-0.39, 0.29) is 23.4 Å². The maximum Gasteiger partial charge on any atom is 0.264 e. The Bertz CT molecular complexity index is 1390. The number of nitrogens with one attached hydrogen (secondary N) is 1. The Labute approximate surface area is 236 Å². The fraction of sp³-hybridized carbons (Fsp3) is 0.355. The highest BCUT2D eigenvalue weighted by Gasteiger charge is 2.34. The van der Waals surface area contributed by atoms with E-state index >= 15 is 0 Å². The number of hydrogen-bond donors (Lipinski definition) is 1. The summed E-state index contributed by atoms with van der Waals surface area (Å²) in [5, 5.41) is 3.08. The van der Waals surface area contributed by atoms with Gasteiger partial charge in [-0.25, -0.2) is 12.8 Å². The van der Waals surface area contributed by atoms with Crippen LogP contribution in [0.25, 0.3) is 0 Å². The van der Waals surface area contributed by atoms with E-state index in [1.165, 1.54) is 29.2 Å². The summed E-state index contributed by atoms with van der Waals surface area (Å²) >= 11 is 0. The predicted molar refractivity (Wildman–Crippen MR) is 154 cm³/mol. The largest absolute Gasteiger partial charge is 0.352 e. The smallest absolute Gasteiger partial charge is 0.264 e. The summed E-state index contributed by atoms with van der Waals surface area (Å²) < 4.78 is 42.4. The molecule has 0 radical (unpaired) electrons. The number of amides is 2. The molecule has 9 heteroatoms. The molecule has 1 atom stereocenters. The van der Waals surface area contributed by atoms with Crippen molar-refractivity contribution in [1.82, 2.24) is 10.2 Å². The van der Waals surface area contributed by atoms with E-state index in [1.54, 1.807) is 54.6 Å². The second kappa shape index (κ2) is 13.1. The molecule has 1 N–H and O–H groups in total. The Morgan fingerprint density at radius 3 is 2.17 bits per heavy atom. The van der Waals surface area contributed by atoms with Crippen LogP contribution < -0.4 is 9.62 Å². The first-order valence-electron chi connectivity index (χ1n) is 13.7. The van der Waals surface area contributed by atoms with Crippen molar-refractivity contribution in [2.45, 2.75) is 69.5 Å². The molecule has 7 nitrogen and oxygen atoms in total. The number of carbonyl (C=O) groups is 2. The van der Waals surface area contributed by atoms with Gasteiger partial charge in [-0.05, 0) is 68.1 Å². The van der Waals surface area contributed by atoms with Crippen LogP contribution in [-0.2, 0) is 26.2 Å². The van der Waals surface area contributed by atoms with Crippen LogP contribution in [0.3, 0.4) is 0 Å². The highest BCUT2D eigenvalue weighted by Crippen LogP contribution is 2.25. The topological polar surface area (TPSA) is 86.8 Å². The first kappa shape index (κ1) is 29.3. The number of halogens is 1. The van der Waals surface area contributed by atoms with Crippen molar-refractivity contribution in [3.05, 3.63) is 95.8 Å². The minimum absolute atomic E-state index is 0.0307. The minimum Gasteiger partial charge on any atom is -0.352 e. The summed E-state index contributed by atoms with van der Waals surface area (Å²) in [7, 11) is -4.11. The SMILES string of the molecule is CC[C@H](C(=O)NC1CCCC1)N(Cc1ccc(F)cc1)C(=O)CN(c1ccccc1)S(=O)(=O)c1ccc(C)cc1. The number of nitrogens with zero attached hydrogens (tertiary/aromatic N) is 2. The van der Waals surface area contributed by atoms with E-state index in [0.717, 1.165) is 35.6 Å². The summed E-state index contributed by atoms with van der Waals surface area (Å²) in [6.07, 6.45) is 4.21. The van der Waals surface area contributed by atoms with Gasteiger partial charge in [0.05, 0.1) is 10.6 Å². The van der Waals surface area contributed by atoms with Gasteiger partial charge in [-0.1, -0.05) is 67.8 Å². The number of para-hydroxylation sites is 1. The molecule has 2 amide bonds. The lowest BCUT2D eigenvalue weighted by atomic mass is 10.1. The van der Waals surface area contributed by atoms with Gasteiger partial charge in [0.2, 0.25) is 11.8 Å². The Morgan fingerprint density at radius 1 is 0.950 bits per heavy atom. The fourth-order valence-corrected chi connectivity index (χ4v) is 6.45. The molecule has 1 aliphatic carbocycles. The molecule has 0 saturated heterocycles. The Balaban J connectivity index is 1.68. The molecule has 3 aromatic carbocycles. The van der Waals surface area contributed by atoms with E-state index in [9.17, 15) is 22.4 Å². The average molecular weight is 566 g/mol. The lowest BCUT2D eigenvalue weighted by Gasteiger charge is -2.33.